The van der Waals surface area contributed by atoms with Gasteiger partial charge < -0.3 is 9.64 Å². The molecule has 0 aliphatic carbocycles. The molecule has 0 bridgehead atoms. The highest BCUT2D eigenvalue weighted by molar-refractivity contribution is 6.30. The van der Waals surface area contributed by atoms with E-state index in [9.17, 15) is 0 Å². The first-order chi connectivity index (χ1) is 10.2. The van der Waals surface area contributed by atoms with E-state index in [0.29, 0.717) is 16.7 Å². The predicted octanol–water partition coefficient (Wildman–Crippen LogP) is 3.74. The van der Waals surface area contributed by atoms with Gasteiger partial charge in [-0.1, -0.05) is 23.2 Å². The molecule has 0 saturated heterocycles. The van der Waals surface area contributed by atoms with Crippen molar-refractivity contribution in [1.29, 1.82) is 0 Å². The van der Waals surface area contributed by atoms with Gasteiger partial charge in [0.05, 0.1) is 18.5 Å². The number of anilines is 1. The minimum atomic E-state index is 0.415. The Labute approximate surface area is 133 Å². The Balaban J connectivity index is 1.93. The maximum absolute atomic E-state index is 6.10. The number of hydrogen-bond acceptors (Lipinski definition) is 4. The molecule has 2 heterocycles. The first-order valence-corrected chi connectivity index (χ1v) is 7.52. The lowest BCUT2D eigenvalue weighted by Gasteiger charge is -2.30. The van der Waals surface area contributed by atoms with Crippen LogP contribution >= 0.6 is 23.2 Å². The molecule has 0 atom stereocenters. The number of benzene rings is 1. The molecule has 1 aromatic heterocycles. The molecule has 0 spiro atoms. The van der Waals surface area contributed by atoms with Gasteiger partial charge >= 0.3 is 0 Å². The van der Waals surface area contributed by atoms with Gasteiger partial charge in [0.25, 0.3) is 0 Å². The highest BCUT2D eigenvalue weighted by Crippen LogP contribution is 2.31. The van der Waals surface area contributed by atoms with Crippen molar-refractivity contribution >= 4 is 28.9 Å². The van der Waals surface area contributed by atoms with Crippen molar-refractivity contribution in [1.82, 2.24) is 10.2 Å². The van der Waals surface area contributed by atoms with Gasteiger partial charge in [-0.2, -0.15) is 5.10 Å². The third kappa shape index (κ3) is 3.06. The van der Waals surface area contributed by atoms with Crippen molar-refractivity contribution in [3.8, 4) is 5.75 Å². The molecule has 3 rings (SSSR count). The second-order valence-corrected chi connectivity index (χ2v) is 5.80. The molecule has 0 amide bonds. The predicted molar refractivity (Wildman–Crippen MR) is 84.4 cm³/mol. The van der Waals surface area contributed by atoms with E-state index in [2.05, 4.69) is 15.1 Å². The molecule has 6 heteroatoms. The normalized spacial score (nSPS) is 14.0. The fourth-order valence-electron chi connectivity index (χ4n) is 2.63. The van der Waals surface area contributed by atoms with Crippen molar-refractivity contribution < 1.29 is 4.74 Å². The monoisotopic (exact) mass is 323 g/mol. The van der Waals surface area contributed by atoms with E-state index in [0.717, 1.165) is 42.1 Å². The van der Waals surface area contributed by atoms with Crippen LogP contribution in [0.1, 0.15) is 17.7 Å². The Morgan fingerprint density at radius 2 is 2.10 bits per heavy atom. The van der Waals surface area contributed by atoms with Crippen molar-refractivity contribution in [2.24, 2.45) is 0 Å². The average molecular weight is 324 g/mol. The van der Waals surface area contributed by atoms with Crippen molar-refractivity contribution in [3.63, 3.8) is 0 Å². The lowest BCUT2D eigenvalue weighted by molar-refractivity contribution is 0.409. The SMILES string of the molecule is COc1ccc(Cl)cc1CN1CCCc2nnc(Cl)cc21. The van der Waals surface area contributed by atoms with E-state index < -0.39 is 0 Å². The molecule has 0 radical (unpaired) electrons. The molecule has 1 aliphatic heterocycles. The Morgan fingerprint density at radius 1 is 1.24 bits per heavy atom. The first-order valence-electron chi connectivity index (χ1n) is 6.77. The van der Waals surface area contributed by atoms with Gasteiger partial charge in [-0.15, -0.1) is 5.10 Å². The molecule has 21 heavy (non-hydrogen) atoms. The summed E-state index contributed by atoms with van der Waals surface area (Å²) in [5.74, 6) is 0.833. The first kappa shape index (κ1) is 14.4. The Bertz CT molecular complexity index is 663. The second kappa shape index (κ2) is 6.08. The van der Waals surface area contributed by atoms with Gasteiger partial charge in [0.1, 0.15) is 5.75 Å². The summed E-state index contributed by atoms with van der Waals surface area (Å²) in [4.78, 5) is 2.24. The summed E-state index contributed by atoms with van der Waals surface area (Å²) in [5, 5.41) is 9.23. The summed E-state index contributed by atoms with van der Waals surface area (Å²) in [6, 6.07) is 7.53. The zero-order valence-corrected chi connectivity index (χ0v) is 13.2. The van der Waals surface area contributed by atoms with Gasteiger partial charge in [0, 0.05) is 29.7 Å². The van der Waals surface area contributed by atoms with E-state index in [1.165, 1.54) is 0 Å². The van der Waals surface area contributed by atoms with Gasteiger partial charge in [-0.25, -0.2) is 0 Å². The fraction of sp³-hybridized carbons (Fsp3) is 0.333. The minimum absolute atomic E-state index is 0.415. The average Bonchev–Trinajstić information content (AvgIpc) is 2.48. The number of halogens is 2. The fourth-order valence-corrected chi connectivity index (χ4v) is 2.97. The summed E-state index contributed by atoms with van der Waals surface area (Å²) < 4.78 is 5.41. The maximum Gasteiger partial charge on any atom is 0.153 e. The van der Waals surface area contributed by atoms with E-state index in [1.54, 1.807) is 7.11 Å². The zero-order valence-electron chi connectivity index (χ0n) is 11.6. The van der Waals surface area contributed by atoms with Crippen LogP contribution < -0.4 is 9.64 Å². The van der Waals surface area contributed by atoms with Crippen LogP contribution in [0.25, 0.3) is 0 Å². The molecule has 0 saturated carbocycles. The van der Waals surface area contributed by atoms with Gasteiger partial charge in [-0.3, -0.25) is 0 Å². The molecular formula is C15H15Cl2N3O. The van der Waals surface area contributed by atoms with Gasteiger partial charge in [-0.05, 0) is 31.0 Å². The second-order valence-electron chi connectivity index (χ2n) is 4.98. The number of aromatic nitrogens is 2. The largest absolute Gasteiger partial charge is 0.496 e. The molecular weight excluding hydrogens is 309 g/mol. The molecule has 4 nitrogen and oxygen atoms in total. The number of methoxy groups -OCH3 is 1. The quantitative estimate of drug-likeness (QED) is 0.862. The van der Waals surface area contributed by atoms with E-state index in [4.69, 9.17) is 27.9 Å². The number of ether oxygens (including phenoxy) is 1. The van der Waals surface area contributed by atoms with Crippen LogP contribution in [-0.4, -0.2) is 23.9 Å². The third-order valence-electron chi connectivity index (χ3n) is 3.60. The molecule has 0 fully saturated rings. The van der Waals surface area contributed by atoms with Gasteiger partial charge in [0.2, 0.25) is 0 Å². The number of hydrogen-bond donors (Lipinski definition) is 0. The van der Waals surface area contributed by atoms with Crippen LogP contribution in [0.3, 0.4) is 0 Å². The molecule has 1 aliphatic rings. The van der Waals surface area contributed by atoms with Crippen molar-refractivity contribution in [2.75, 3.05) is 18.6 Å². The number of nitrogens with zero attached hydrogens (tertiary/aromatic N) is 3. The molecule has 0 N–H and O–H groups in total. The van der Waals surface area contributed by atoms with Crippen LogP contribution in [-0.2, 0) is 13.0 Å². The van der Waals surface area contributed by atoms with Crippen LogP contribution in [0.4, 0.5) is 5.69 Å². The number of fused-ring (bicyclic) bond motifs is 1. The summed E-state index contributed by atoms with van der Waals surface area (Å²) in [6.45, 7) is 1.66. The Hall–Kier alpha value is -1.52. The highest BCUT2D eigenvalue weighted by Gasteiger charge is 2.20. The Morgan fingerprint density at radius 3 is 2.90 bits per heavy atom. The number of aryl methyl sites for hydroxylation is 1. The lowest BCUT2D eigenvalue weighted by Crippen LogP contribution is -2.29. The molecule has 110 valence electrons. The lowest BCUT2D eigenvalue weighted by atomic mass is 10.1. The number of rotatable bonds is 3. The van der Waals surface area contributed by atoms with Gasteiger partial charge in [0.15, 0.2) is 5.15 Å². The van der Waals surface area contributed by atoms with Crippen molar-refractivity contribution in [3.05, 3.63) is 45.7 Å². The standard InChI is InChI=1S/C15H15Cl2N3O/c1-21-14-5-4-11(16)7-10(14)9-20-6-2-3-12-13(20)8-15(17)19-18-12/h4-5,7-8H,2-3,6,9H2,1H3. The topological polar surface area (TPSA) is 38.2 Å². The smallest absolute Gasteiger partial charge is 0.153 e. The van der Waals surface area contributed by atoms with Crippen LogP contribution in [0, 0.1) is 0 Å². The van der Waals surface area contributed by atoms with Crippen LogP contribution in [0.5, 0.6) is 5.75 Å². The highest BCUT2D eigenvalue weighted by atomic mass is 35.5. The maximum atomic E-state index is 6.10. The minimum Gasteiger partial charge on any atom is -0.496 e. The van der Waals surface area contributed by atoms with E-state index in [-0.39, 0.29) is 0 Å². The summed E-state index contributed by atoms with van der Waals surface area (Å²) in [7, 11) is 1.67. The zero-order chi connectivity index (χ0) is 14.8. The van der Waals surface area contributed by atoms with Crippen LogP contribution in [0.15, 0.2) is 24.3 Å². The van der Waals surface area contributed by atoms with E-state index >= 15 is 0 Å². The molecule has 1 aromatic carbocycles. The summed E-state index contributed by atoms with van der Waals surface area (Å²) in [5.41, 5.74) is 3.08. The Kier molecular flexibility index (Phi) is 4.17. The third-order valence-corrected chi connectivity index (χ3v) is 4.02. The molecule has 0 unspecified atom stereocenters. The van der Waals surface area contributed by atoms with Crippen LogP contribution in [0.2, 0.25) is 10.2 Å². The summed E-state index contributed by atoms with van der Waals surface area (Å²) >= 11 is 12.1. The van der Waals surface area contributed by atoms with E-state index in [1.807, 2.05) is 24.3 Å². The molecule has 2 aromatic rings. The summed E-state index contributed by atoms with van der Waals surface area (Å²) in [6.07, 6.45) is 1.98. The van der Waals surface area contributed by atoms with Crippen molar-refractivity contribution in [2.45, 2.75) is 19.4 Å².